The van der Waals surface area contributed by atoms with Crippen molar-refractivity contribution in [3.05, 3.63) is 70.5 Å². The first kappa shape index (κ1) is 17.8. The van der Waals surface area contributed by atoms with Gasteiger partial charge in [-0.3, -0.25) is 15.6 Å². The van der Waals surface area contributed by atoms with Crippen molar-refractivity contribution in [1.29, 1.82) is 0 Å². The largest absolute Gasteiger partial charge is 0.393 e. The first-order valence-corrected chi connectivity index (χ1v) is 8.23. The highest BCUT2D eigenvalue weighted by molar-refractivity contribution is 6.31. The first-order valence-electron chi connectivity index (χ1n) is 7.48. The van der Waals surface area contributed by atoms with Crippen molar-refractivity contribution in [2.24, 2.45) is 0 Å². The van der Waals surface area contributed by atoms with Crippen molar-refractivity contribution < 1.29 is 4.79 Å². The molecule has 2 aromatic carbocycles. The van der Waals surface area contributed by atoms with E-state index in [-0.39, 0.29) is 17.4 Å². The van der Waals surface area contributed by atoms with Gasteiger partial charge in [0.15, 0.2) is 11.6 Å². The van der Waals surface area contributed by atoms with Crippen LogP contribution < -0.4 is 21.9 Å². The molecule has 0 aliphatic heterocycles. The van der Waals surface area contributed by atoms with E-state index >= 15 is 0 Å². The Kier molecular flexibility index (Phi) is 5.40. The molecule has 0 radical (unpaired) electrons. The number of hydrogen-bond acceptors (Lipinski definition) is 6. The molecule has 0 unspecified atom stereocenters. The molecule has 0 fully saturated rings. The van der Waals surface area contributed by atoms with Crippen molar-refractivity contribution in [3.63, 3.8) is 0 Å². The second-order valence-electron chi connectivity index (χ2n) is 5.21. The van der Waals surface area contributed by atoms with Gasteiger partial charge in [-0.15, -0.1) is 0 Å². The van der Waals surface area contributed by atoms with Gasteiger partial charge < -0.3 is 11.1 Å². The molecule has 0 bridgehead atoms. The Morgan fingerprint density at radius 3 is 2.38 bits per heavy atom. The van der Waals surface area contributed by atoms with Crippen molar-refractivity contribution in [3.8, 4) is 0 Å². The van der Waals surface area contributed by atoms with Crippen molar-refractivity contribution in [2.45, 2.75) is 0 Å². The third kappa shape index (κ3) is 4.33. The van der Waals surface area contributed by atoms with Gasteiger partial charge >= 0.3 is 0 Å². The molecule has 0 aliphatic carbocycles. The van der Waals surface area contributed by atoms with E-state index in [0.29, 0.717) is 21.4 Å². The molecule has 5 N–H and O–H groups in total. The quantitative estimate of drug-likeness (QED) is 0.494. The first-order chi connectivity index (χ1) is 12.5. The summed E-state index contributed by atoms with van der Waals surface area (Å²) >= 11 is 11.8. The number of aromatic nitrogens is 2. The topological polar surface area (TPSA) is 105 Å². The summed E-state index contributed by atoms with van der Waals surface area (Å²) in [7, 11) is 0. The smallest absolute Gasteiger partial charge is 0.269 e. The Morgan fingerprint density at radius 1 is 0.962 bits per heavy atom. The lowest BCUT2D eigenvalue weighted by Crippen LogP contribution is -2.30. The van der Waals surface area contributed by atoms with Gasteiger partial charge in [-0.2, -0.15) is 0 Å². The lowest BCUT2D eigenvalue weighted by Gasteiger charge is -2.13. The molecular weight excluding hydrogens is 375 g/mol. The number of amides is 1. The standard InChI is InChI=1S/C17H14Cl2N6O/c18-11-4-1-3-10(7-11)17(26)25-24-16-14(20)15(21-9-22-16)23-13-6-2-5-12(19)8-13/h1-9H,20H2,(H,25,26)(H2,21,22,23,24). The summed E-state index contributed by atoms with van der Waals surface area (Å²) in [5.41, 5.74) is 12.6. The predicted octanol–water partition coefficient (Wildman–Crippen LogP) is 3.87. The van der Waals surface area contributed by atoms with Crippen LogP contribution in [0, 0.1) is 0 Å². The molecular formula is C17H14Cl2N6O. The molecule has 0 saturated heterocycles. The minimum absolute atomic E-state index is 0.235. The predicted molar refractivity (Wildman–Crippen MR) is 104 cm³/mol. The maximum absolute atomic E-state index is 12.1. The van der Waals surface area contributed by atoms with E-state index in [1.807, 2.05) is 6.07 Å². The number of benzene rings is 2. The van der Waals surface area contributed by atoms with Crippen LogP contribution >= 0.6 is 23.2 Å². The molecule has 0 saturated carbocycles. The minimum Gasteiger partial charge on any atom is -0.393 e. The molecule has 3 rings (SSSR count). The summed E-state index contributed by atoms with van der Waals surface area (Å²) in [6.45, 7) is 0. The Morgan fingerprint density at radius 2 is 1.65 bits per heavy atom. The van der Waals surface area contributed by atoms with Crippen molar-refractivity contribution in [2.75, 3.05) is 16.5 Å². The molecule has 0 atom stereocenters. The molecule has 9 heteroatoms. The van der Waals surface area contributed by atoms with E-state index in [0.717, 1.165) is 5.69 Å². The molecule has 1 amide bonds. The highest BCUT2D eigenvalue weighted by atomic mass is 35.5. The number of carbonyl (C=O) groups is 1. The van der Waals surface area contributed by atoms with Crippen LogP contribution in [-0.2, 0) is 0 Å². The van der Waals surface area contributed by atoms with Gasteiger partial charge in [0.1, 0.15) is 12.0 Å². The summed E-state index contributed by atoms with van der Waals surface area (Å²) in [5, 5.41) is 4.09. The Balaban J connectivity index is 1.72. The maximum Gasteiger partial charge on any atom is 0.269 e. The average Bonchev–Trinajstić information content (AvgIpc) is 2.62. The van der Waals surface area contributed by atoms with E-state index in [1.165, 1.54) is 6.33 Å². The molecule has 3 aromatic rings. The van der Waals surface area contributed by atoms with E-state index in [9.17, 15) is 4.79 Å². The zero-order valence-electron chi connectivity index (χ0n) is 13.3. The lowest BCUT2D eigenvalue weighted by molar-refractivity contribution is 0.0962. The van der Waals surface area contributed by atoms with E-state index in [1.54, 1.807) is 42.5 Å². The third-order valence-electron chi connectivity index (χ3n) is 3.35. The van der Waals surface area contributed by atoms with Gasteiger partial charge in [0, 0.05) is 21.3 Å². The third-order valence-corrected chi connectivity index (χ3v) is 3.82. The van der Waals surface area contributed by atoms with Gasteiger partial charge in [-0.1, -0.05) is 35.3 Å². The number of anilines is 4. The molecule has 0 spiro atoms. The van der Waals surface area contributed by atoms with Crippen LogP contribution in [0.5, 0.6) is 0 Å². The maximum atomic E-state index is 12.1. The summed E-state index contributed by atoms with van der Waals surface area (Å²) in [6.07, 6.45) is 1.32. The van der Waals surface area contributed by atoms with Crippen molar-refractivity contribution >= 4 is 52.1 Å². The summed E-state index contributed by atoms with van der Waals surface area (Å²) in [5.74, 6) is 0.247. The van der Waals surface area contributed by atoms with Gasteiger partial charge in [0.05, 0.1) is 0 Å². The van der Waals surface area contributed by atoms with E-state index < -0.39 is 0 Å². The number of hydrazine groups is 1. The second-order valence-corrected chi connectivity index (χ2v) is 6.08. The fourth-order valence-electron chi connectivity index (χ4n) is 2.12. The Labute approximate surface area is 159 Å². The van der Waals surface area contributed by atoms with Crippen LogP contribution in [0.4, 0.5) is 23.0 Å². The van der Waals surface area contributed by atoms with Crippen molar-refractivity contribution in [1.82, 2.24) is 15.4 Å². The lowest BCUT2D eigenvalue weighted by atomic mass is 10.2. The number of rotatable bonds is 5. The molecule has 26 heavy (non-hydrogen) atoms. The fraction of sp³-hybridized carbons (Fsp3) is 0. The monoisotopic (exact) mass is 388 g/mol. The molecule has 1 aromatic heterocycles. The second kappa shape index (κ2) is 7.90. The van der Waals surface area contributed by atoms with Gasteiger partial charge in [-0.25, -0.2) is 9.97 Å². The molecule has 1 heterocycles. The van der Waals surface area contributed by atoms with E-state index in [4.69, 9.17) is 28.9 Å². The van der Waals surface area contributed by atoms with E-state index in [2.05, 4.69) is 26.1 Å². The SMILES string of the molecule is Nc1c(NNC(=O)c2cccc(Cl)c2)ncnc1Nc1cccc(Cl)c1. The van der Waals surface area contributed by atoms with Gasteiger partial charge in [0.25, 0.3) is 5.91 Å². The number of nitrogens with one attached hydrogen (secondary N) is 3. The van der Waals surface area contributed by atoms with Crippen LogP contribution in [0.15, 0.2) is 54.9 Å². The number of hydrogen-bond donors (Lipinski definition) is 4. The normalized spacial score (nSPS) is 10.2. The van der Waals surface area contributed by atoms with Crippen LogP contribution in [0.2, 0.25) is 10.0 Å². The van der Waals surface area contributed by atoms with Crippen LogP contribution in [0.1, 0.15) is 10.4 Å². The fourth-order valence-corrected chi connectivity index (χ4v) is 2.50. The summed E-state index contributed by atoms with van der Waals surface area (Å²) in [6, 6.07) is 13.7. The van der Waals surface area contributed by atoms with Crippen LogP contribution in [0.25, 0.3) is 0 Å². The number of halogens is 2. The number of carbonyl (C=O) groups excluding carboxylic acids is 1. The summed E-state index contributed by atoms with van der Waals surface area (Å²) < 4.78 is 0. The summed E-state index contributed by atoms with van der Waals surface area (Å²) in [4.78, 5) is 20.3. The number of nitrogens with zero attached hydrogens (tertiary/aromatic N) is 2. The molecule has 7 nitrogen and oxygen atoms in total. The highest BCUT2D eigenvalue weighted by Gasteiger charge is 2.11. The average molecular weight is 389 g/mol. The van der Waals surface area contributed by atoms with Crippen LogP contribution in [-0.4, -0.2) is 15.9 Å². The Hall–Kier alpha value is -3.03. The molecule has 132 valence electrons. The minimum atomic E-state index is -0.380. The zero-order chi connectivity index (χ0) is 18.5. The Bertz CT molecular complexity index is 950. The number of nitrogen functional groups attached to an aromatic ring is 1. The van der Waals surface area contributed by atoms with Gasteiger partial charge in [-0.05, 0) is 36.4 Å². The highest BCUT2D eigenvalue weighted by Crippen LogP contribution is 2.26. The molecule has 0 aliphatic rings. The van der Waals surface area contributed by atoms with Crippen LogP contribution in [0.3, 0.4) is 0 Å². The number of nitrogens with two attached hydrogens (primary N) is 1. The van der Waals surface area contributed by atoms with Gasteiger partial charge in [0.2, 0.25) is 0 Å². The zero-order valence-corrected chi connectivity index (χ0v) is 14.8.